The molecule has 1 N–H and O–H groups in total. The zero-order valence-corrected chi connectivity index (χ0v) is 17.1. The van der Waals surface area contributed by atoms with E-state index in [9.17, 15) is 4.39 Å². The number of hydrogen-bond acceptors (Lipinski definition) is 2. The van der Waals surface area contributed by atoms with Crippen molar-refractivity contribution in [2.45, 2.75) is 18.9 Å². The van der Waals surface area contributed by atoms with Gasteiger partial charge >= 0.3 is 0 Å². The Morgan fingerprint density at radius 2 is 1.43 bits per heavy atom. The van der Waals surface area contributed by atoms with E-state index >= 15 is 0 Å². The van der Waals surface area contributed by atoms with Gasteiger partial charge in [-0.05, 0) is 66.1 Å². The Labute approximate surface area is 172 Å². The molecular weight excluding hydrogens is 371 g/mol. The minimum absolute atomic E-state index is 0.196. The van der Waals surface area contributed by atoms with Gasteiger partial charge in [0.25, 0.3) is 0 Å². The van der Waals surface area contributed by atoms with E-state index in [0.717, 1.165) is 30.1 Å². The monoisotopic (exact) mass is 396 g/mol. The lowest BCUT2D eigenvalue weighted by Crippen LogP contribution is -2.18. The van der Waals surface area contributed by atoms with Crippen LogP contribution in [0.15, 0.2) is 72.8 Å². The Bertz CT molecular complexity index is 813. The van der Waals surface area contributed by atoms with E-state index in [1.165, 1.54) is 28.9 Å². The molecule has 146 valence electrons. The molecule has 2 nitrogen and oxygen atoms in total. The predicted octanol–water partition coefficient (Wildman–Crippen LogP) is 5.86. The van der Waals surface area contributed by atoms with Crippen LogP contribution in [-0.2, 0) is 6.54 Å². The molecule has 0 aliphatic heterocycles. The quantitative estimate of drug-likeness (QED) is 0.480. The standard InChI is InChI=1S/C24H26ClFN2/c1-28(2)23-13-3-18(4-14-23)17-27-16-15-24(19-5-9-21(25)10-6-19)20-7-11-22(26)12-8-20/h3-14,24,27H,15-17H2,1-2H3. The Morgan fingerprint density at radius 3 is 2.00 bits per heavy atom. The van der Waals surface area contributed by atoms with Crippen molar-refractivity contribution >= 4 is 17.3 Å². The Balaban J connectivity index is 1.63. The second-order valence-electron chi connectivity index (χ2n) is 7.18. The first-order chi connectivity index (χ1) is 13.5. The van der Waals surface area contributed by atoms with E-state index in [0.29, 0.717) is 0 Å². The van der Waals surface area contributed by atoms with Crippen LogP contribution in [0, 0.1) is 5.82 Å². The van der Waals surface area contributed by atoms with Crippen LogP contribution in [0.25, 0.3) is 0 Å². The summed E-state index contributed by atoms with van der Waals surface area (Å²) in [5, 5.41) is 4.25. The van der Waals surface area contributed by atoms with Gasteiger partial charge in [0.05, 0.1) is 0 Å². The molecule has 0 aliphatic rings. The summed E-state index contributed by atoms with van der Waals surface area (Å²) >= 11 is 6.04. The van der Waals surface area contributed by atoms with Crippen LogP contribution in [0.4, 0.5) is 10.1 Å². The molecule has 4 heteroatoms. The summed E-state index contributed by atoms with van der Waals surface area (Å²) in [5.41, 5.74) is 4.76. The molecular formula is C24H26ClFN2. The number of hydrogen-bond donors (Lipinski definition) is 1. The van der Waals surface area contributed by atoms with Crippen LogP contribution >= 0.6 is 11.6 Å². The lowest BCUT2D eigenvalue weighted by molar-refractivity contribution is 0.606. The van der Waals surface area contributed by atoms with Crippen molar-refractivity contribution in [1.82, 2.24) is 5.32 Å². The molecule has 0 fully saturated rings. The first-order valence-corrected chi connectivity index (χ1v) is 9.88. The van der Waals surface area contributed by atoms with Crippen LogP contribution in [0.5, 0.6) is 0 Å². The van der Waals surface area contributed by atoms with Crippen LogP contribution < -0.4 is 10.2 Å². The fourth-order valence-corrected chi connectivity index (χ4v) is 3.43. The number of halogens is 2. The second kappa shape index (κ2) is 9.72. The predicted molar refractivity (Wildman–Crippen MR) is 117 cm³/mol. The van der Waals surface area contributed by atoms with E-state index in [4.69, 9.17) is 11.6 Å². The van der Waals surface area contributed by atoms with Gasteiger partial charge in [0.2, 0.25) is 0 Å². The van der Waals surface area contributed by atoms with E-state index in [2.05, 4.69) is 46.6 Å². The molecule has 0 aromatic heterocycles. The van der Waals surface area contributed by atoms with Crippen molar-refractivity contribution in [2.24, 2.45) is 0 Å². The molecule has 1 atom stereocenters. The van der Waals surface area contributed by atoms with Crippen molar-refractivity contribution in [3.8, 4) is 0 Å². The molecule has 3 rings (SSSR count). The van der Waals surface area contributed by atoms with Crippen molar-refractivity contribution < 1.29 is 4.39 Å². The third-order valence-electron chi connectivity index (χ3n) is 4.94. The average molecular weight is 397 g/mol. The summed E-state index contributed by atoms with van der Waals surface area (Å²) < 4.78 is 13.3. The molecule has 0 aliphatic carbocycles. The molecule has 1 unspecified atom stereocenters. The summed E-state index contributed by atoms with van der Waals surface area (Å²) in [4.78, 5) is 2.09. The molecule has 0 saturated carbocycles. The molecule has 0 radical (unpaired) electrons. The first-order valence-electron chi connectivity index (χ1n) is 9.51. The third-order valence-corrected chi connectivity index (χ3v) is 5.19. The SMILES string of the molecule is CN(C)c1ccc(CNCCC(c2ccc(F)cc2)c2ccc(Cl)cc2)cc1. The number of rotatable bonds is 8. The number of benzene rings is 3. The molecule has 3 aromatic carbocycles. The zero-order chi connectivity index (χ0) is 19.9. The maximum absolute atomic E-state index is 13.3. The summed E-state index contributed by atoms with van der Waals surface area (Å²) in [5.74, 6) is -0.0145. The van der Waals surface area contributed by atoms with Crippen molar-refractivity contribution in [3.05, 3.63) is 100 Å². The normalized spacial score (nSPS) is 12.0. The van der Waals surface area contributed by atoms with Gasteiger partial charge in [-0.25, -0.2) is 4.39 Å². The molecule has 0 spiro atoms. The molecule has 0 saturated heterocycles. The van der Waals surface area contributed by atoms with Gasteiger partial charge in [0.1, 0.15) is 5.82 Å². The van der Waals surface area contributed by atoms with Gasteiger partial charge in [-0.15, -0.1) is 0 Å². The maximum atomic E-state index is 13.3. The van der Waals surface area contributed by atoms with Gasteiger partial charge in [-0.3, -0.25) is 0 Å². The van der Waals surface area contributed by atoms with Gasteiger partial charge < -0.3 is 10.2 Å². The fourth-order valence-electron chi connectivity index (χ4n) is 3.31. The van der Waals surface area contributed by atoms with Crippen LogP contribution in [0.2, 0.25) is 5.02 Å². The molecule has 28 heavy (non-hydrogen) atoms. The van der Waals surface area contributed by atoms with Gasteiger partial charge in [-0.1, -0.05) is 48.0 Å². The number of nitrogens with zero attached hydrogens (tertiary/aromatic N) is 1. The summed E-state index contributed by atoms with van der Waals surface area (Å²) in [7, 11) is 4.08. The summed E-state index contributed by atoms with van der Waals surface area (Å²) in [6.07, 6.45) is 0.920. The molecule has 0 amide bonds. The second-order valence-corrected chi connectivity index (χ2v) is 7.62. The fraction of sp³-hybridized carbons (Fsp3) is 0.250. The van der Waals surface area contributed by atoms with Crippen molar-refractivity contribution in [3.63, 3.8) is 0 Å². The summed E-state index contributed by atoms with van der Waals surface area (Å²) in [6.45, 7) is 1.69. The smallest absolute Gasteiger partial charge is 0.123 e. The first kappa shape index (κ1) is 20.4. The topological polar surface area (TPSA) is 15.3 Å². The van der Waals surface area contributed by atoms with E-state index in [1.54, 1.807) is 0 Å². The highest BCUT2D eigenvalue weighted by Gasteiger charge is 2.14. The van der Waals surface area contributed by atoms with Gasteiger partial charge in [0, 0.05) is 37.3 Å². The maximum Gasteiger partial charge on any atom is 0.123 e. The Morgan fingerprint density at radius 1 is 0.857 bits per heavy atom. The zero-order valence-electron chi connectivity index (χ0n) is 16.3. The third kappa shape index (κ3) is 5.57. The van der Waals surface area contributed by atoms with E-state index in [-0.39, 0.29) is 11.7 Å². The van der Waals surface area contributed by atoms with Gasteiger partial charge in [-0.2, -0.15) is 0 Å². The average Bonchev–Trinajstić information content (AvgIpc) is 2.70. The highest BCUT2D eigenvalue weighted by atomic mass is 35.5. The largest absolute Gasteiger partial charge is 0.378 e. The molecule has 0 bridgehead atoms. The van der Waals surface area contributed by atoms with Crippen LogP contribution in [0.3, 0.4) is 0 Å². The highest BCUT2D eigenvalue weighted by Crippen LogP contribution is 2.29. The minimum Gasteiger partial charge on any atom is -0.378 e. The van der Waals surface area contributed by atoms with Crippen molar-refractivity contribution in [1.29, 1.82) is 0 Å². The van der Waals surface area contributed by atoms with Crippen LogP contribution in [-0.4, -0.2) is 20.6 Å². The van der Waals surface area contributed by atoms with Crippen molar-refractivity contribution in [2.75, 3.05) is 25.5 Å². The molecule has 3 aromatic rings. The van der Waals surface area contributed by atoms with Crippen LogP contribution in [0.1, 0.15) is 29.0 Å². The van der Waals surface area contributed by atoms with E-state index < -0.39 is 0 Å². The lowest BCUT2D eigenvalue weighted by Gasteiger charge is -2.19. The Kier molecular flexibility index (Phi) is 7.07. The Hall–Kier alpha value is -2.36. The number of nitrogens with one attached hydrogen (secondary N) is 1. The minimum atomic E-state index is -0.210. The van der Waals surface area contributed by atoms with E-state index in [1.807, 2.05) is 38.4 Å². The number of anilines is 1. The summed E-state index contributed by atoms with van der Waals surface area (Å²) in [6, 6.07) is 23.3. The van der Waals surface area contributed by atoms with Gasteiger partial charge in [0.15, 0.2) is 0 Å². The highest BCUT2D eigenvalue weighted by molar-refractivity contribution is 6.30. The lowest BCUT2D eigenvalue weighted by atomic mass is 9.88. The molecule has 0 heterocycles.